The van der Waals surface area contributed by atoms with Crippen molar-refractivity contribution in [3.63, 3.8) is 0 Å². The molecule has 1 aliphatic heterocycles. The summed E-state index contributed by atoms with van der Waals surface area (Å²) in [5.74, 6) is 0. The Bertz CT molecular complexity index is 793. The average Bonchev–Trinajstić information content (AvgIpc) is 2.89. The van der Waals surface area contributed by atoms with E-state index in [1.807, 2.05) is 12.1 Å². The molecule has 1 heterocycles. The number of hydrogen-bond donors (Lipinski definition) is 0. The van der Waals surface area contributed by atoms with Crippen LogP contribution in [0.4, 0.5) is 4.79 Å². The molecule has 0 bridgehead atoms. The van der Waals surface area contributed by atoms with E-state index in [-0.39, 0.29) is 0 Å². The predicted octanol–water partition coefficient (Wildman–Crippen LogP) is 5.53. The lowest BCUT2D eigenvalue weighted by Crippen LogP contribution is -2.52. The van der Waals surface area contributed by atoms with Crippen molar-refractivity contribution in [3.05, 3.63) is 56.7 Å². The van der Waals surface area contributed by atoms with Crippen LogP contribution in [0, 0.1) is 5.41 Å². The summed E-state index contributed by atoms with van der Waals surface area (Å²) >= 11 is 2.22. The summed E-state index contributed by atoms with van der Waals surface area (Å²) in [5, 5.41) is 0. The predicted molar refractivity (Wildman–Crippen MR) is 104 cm³/mol. The van der Waals surface area contributed by atoms with E-state index in [9.17, 15) is 9.59 Å². The van der Waals surface area contributed by atoms with Crippen LogP contribution < -0.4 is 0 Å². The quantitative estimate of drug-likeness (QED) is 0.344. The maximum absolute atomic E-state index is 12.2. The molecule has 0 amide bonds. The molecule has 1 saturated heterocycles. The van der Waals surface area contributed by atoms with Crippen LogP contribution in [0.2, 0.25) is 0 Å². The van der Waals surface area contributed by atoms with Gasteiger partial charge >= 0.3 is 6.16 Å². The first kappa shape index (κ1) is 18.2. The van der Waals surface area contributed by atoms with Gasteiger partial charge in [0.05, 0.1) is 0 Å². The number of hydrogen-bond acceptors (Lipinski definition) is 4. The van der Waals surface area contributed by atoms with Gasteiger partial charge in [-0.25, -0.2) is 4.79 Å². The van der Waals surface area contributed by atoms with E-state index in [1.54, 1.807) is 12.1 Å². The summed E-state index contributed by atoms with van der Waals surface area (Å²) in [6.45, 7) is 10.3. The van der Waals surface area contributed by atoms with E-state index in [1.165, 1.54) is 5.57 Å². The number of ether oxygens (including phenoxy) is 2. The average molecular weight is 452 g/mol. The molecule has 1 aromatic rings. The Morgan fingerprint density at radius 1 is 1.36 bits per heavy atom. The normalized spacial score (nSPS) is 27.8. The van der Waals surface area contributed by atoms with Gasteiger partial charge in [0, 0.05) is 20.1 Å². The summed E-state index contributed by atoms with van der Waals surface area (Å²) in [5.41, 5.74) is 2.19. The molecule has 0 radical (unpaired) electrons. The zero-order chi connectivity index (χ0) is 18.4. The first-order valence-electron chi connectivity index (χ1n) is 8.23. The van der Waals surface area contributed by atoms with Gasteiger partial charge in [-0.2, -0.15) is 0 Å². The molecule has 4 nitrogen and oxygen atoms in total. The molecule has 132 valence electrons. The standard InChI is InChI=1S/C20H21IO4/c1-12-9-10-20(19(3,4)16(12)13(2)21)17(24-18(23)25-20)15-8-6-5-7-14(15)11-22/h5-8,11,17H,2,9-10H2,1,3-4H3/t17-,20+/m0/s1. The minimum atomic E-state index is -0.869. The van der Waals surface area contributed by atoms with Crippen LogP contribution in [0.5, 0.6) is 0 Å². The molecule has 1 aliphatic carbocycles. The number of aldehydes is 1. The Morgan fingerprint density at radius 3 is 2.68 bits per heavy atom. The minimum absolute atomic E-state index is 0.500. The van der Waals surface area contributed by atoms with E-state index in [4.69, 9.17) is 9.47 Å². The summed E-state index contributed by atoms with van der Waals surface area (Å²) < 4.78 is 12.4. The monoisotopic (exact) mass is 452 g/mol. The molecular weight excluding hydrogens is 431 g/mol. The minimum Gasteiger partial charge on any atom is -0.422 e. The molecule has 2 aliphatic rings. The highest BCUT2D eigenvalue weighted by molar-refractivity contribution is 14.1. The van der Waals surface area contributed by atoms with Gasteiger partial charge in [0.1, 0.15) is 6.29 Å². The second-order valence-corrected chi connectivity index (χ2v) is 8.47. The van der Waals surface area contributed by atoms with Crippen LogP contribution in [0.3, 0.4) is 0 Å². The zero-order valence-electron chi connectivity index (χ0n) is 14.6. The highest BCUT2D eigenvalue weighted by atomic mass is 127. The SMILES string of the molecule is C=C(I)C1=C(C)CC[C@]2(OC(=O)O[C@H]2c2ccccc2C=O)C1(C)C. The van der Waals surface area contributed by atoms with Crippen molar-refractivity contribution in [2.45, 2.75) is 45.3 Å². The number of benzene rings is 1. The van der Waals surface area contributed by atoms with Crippen molar-refractivity contribution in [1.29, 1.82) is 0 Å². The molecule has 5 heteroatoms. The number of rotatable bonds is 3. The van der Waals surface area contributed by atoms with Gasteiger partial charge in [0.25, 0.3) is 0 Å². The number of cyclic esters (lactones) is 1. The largest absolute Gasteiger partial charge is 0.509 e. The zero-order valence-corrected chi connectivity index (χ0v) is 16.8. The lowest BCUT2D eigenvalue weighted by molar-refractivity contribution is -0.0668. The van der Waals surface area contributed by atoms with Gasteiger partial charge < -0.3 is 9.47 Å². The van der Waals surface area contributed by atoms with Crippen molar-refractivity contribution in [3.8, 4) is 0 Å². The van der Waals surface area contributed by atoms with E-state index in [2.05, 4.69) is 49.9 Å². The van der Waals surface area contributed by atoms with E-state index in [0.29, 0.717) is 17.5 Å². The van der Waals surface area contributed by atoms with E-state index in [0.717, 1.165) is 21.9 Å². The van der Waals surface area contributed by atoms with Gasteiger partial charge in [-0.3, -0.25) is 4.79 Å². The molecule has 3 rings (SSSR count). The Balaban J connectivity index is 2.21. The number of carbonyl (C=O) groups excluding carboxylic acids is 2. The highest BCUT2D eigenvalue weighted by Gasteiger charge is 2.63. The fraction of sp³-hybridized carbons (Fsp3) is 0.400. The summed E-state index contributed by atoms with van der Waals surface area (Å²) in [7, 11) is 0. The number of carbonyl (C=O) groups is 2. The molecule has 1 spiro atoms. The molecular formula is C20H21IO4. The van der Waals surface area contributed by atoms with Crippen LogP contribution >= 0.6 is 22.6 Å². The van der Waals surface area contributed by atoms with Crippen molar-refractivity contribution >= 4 is 35.0 Å². The lowest BCUT2D eigenvalue weighted by Gasteiger charge is -2.49. The molecule has 0 saturated carbocycles. The maximum atomic E-state index is 12.2. The third kappa shape index (κ3) is 2.63. The molecule has 2 atom stereocenters. The number of halogens is 1. The first-order valence-corrected chi connectivity index (χ1v) is 9.31. The van der Waals surface area contributed by atoms with Crippen molar-refractivity contribution in [2.75, 3.05) is 0 Å². The van der Waals surface area contributed by atoms with Crippen molar-refractivity contribution in [1.82, 2.24) is 0 Å². The molecule has 1 aromatic carbocycles. The maximum Gasteiger partial charge on any atom is 0.509 e. The van der Waals surface area contributed by atoms with Crippen LogP contribution in [0.1, 0.15) is 55.6 Å². The van der Waals surface area contributed by atoms with Crippen LogP contribution in [-0.2, 0) is 9.47 Å². The second kappa shape index (κ2) is 6.27. The van der Waals surface area contributed by atoms with Gasteiger partial charge in [-0.15, -0.1) is 0 Å². The Morgan fingerprint density at radius 2 is 2.04 bits per heavy atom. The molecule has 25 heavy (non-hydrogen) atoms. The fourth-order valence-corrected chi connectivity index (χ4v) is 5.49. The van der Waals surface area contributed by atoms with Gasteiger partial charge in [-0.1, -0.05) is 50.3 Å². The second-order valence-electron chi connectivity index (χ2n) is 7.17. The first-order chi connectivity index (χ1) is 11.7. The Labute approximate surface area is 161 Å². The summed E-state index contributed by atoms with van der Waals surface area (Å²) in [6.07, 6.45) is 0.914. The molecule has 0 N–H and O–H groups in total. The summed E-state index contributed by atoms with van der Waals surface area (Å²) in [6, 6.07) is 7.21. The smallest absolute Gasteiger partial charge is 0.422 e. The van der Waals surface area contributed by atoms with Crippen LogP contribution in [0.15, 0.2) is 45.6 Å². The Kier molecular flexibility index (Phi) is 4.56. The van der Waals surface area contributed by atoms with Gasteiger partial charge in [0.2, 0.25) is 0 Å². The van der Waals surface area contributed by atoms with Crippen molar-refractivity contribution < 1.29 is 19.1 Å². The van der Waals surface area contributed by atoms with Crippen molar-refractivity contribution in [2.24, 2.45) is 5.41 Å². The van der Waals surface area contributed by atoms with E-state index >= 15 is 0 Å². The molecule has 0 unspecified atom stereocenters. The summed E-state index contributed by atoms with van der Waals surface area (Å²) in [4.78, 5) is 23.7. The van der Waals surface area contributed by atoms with Crippen LogP contribution in [-0.4, -0.2) is 18.0 Å². The molecule has 1 fully saturated rings. The topological polar surface area (TPSA) is 52.6 Å². The highest BCUT2D eigenvalue weighted by Crippen LogP contribution is 2.60. The fourth-order valence-electron chi connectivity index (χ4n) is 4.35. The Hall–Kier alpha value is -1.63. The molecule has 0 aromatic heterocycles. The van der Waals surface area contributed by atoms with Gasteiger partial charge in [-0.05, 0) is 47.9 Å². The third-order valence-electron chi connectivity index (χ3n) is 5.56. The lowest BCUT2D eigenvalue weighted by atomic mass is 9.59. The number of allylic oxidation sites excluding steroid dienone is 2. The van der Waals surface area contributed by atoms with Crippen LogP contribution in [0.25, 0.3) is 0 Å². The van der Waals surface area contributed by atoms with E-state index < -0.39 is 23.3 Å². The van der Waals surface area contributed by atoms with Gasteiger partial charge in [0.15, 0.2) is 11.7 Å². The third-order valence-corrected chi connectivity index (χ3v) is 6.10.